The highest BCUT2D eigenvalue weighted by Crippen LogP contribution is 2.03. The van der Waals surface area contributed by atoms with Crippen molar-refractivity contribution < 1.29 is 15.0 Å². The van der Waals surface area contributed by atoms with Crippen molar-refractivity contribution in [3.63, 3.8) is 0 Å². The number of hydrogen-bond donors (Lipinski definition) is 3. The van der Waals surface area contributed by atoms with E-state index in [0.717, 1.165) is 6.54 Å². The molecule has 1 fully saturated rings. The molecule has 1 aliphatic heterocycles. The highest BCUT2D eigenvalue weighted by atomic mass is 16.3. The average Bonchev–Trinajstić information content (AvgIpc) is 2.81. The minimum absolute atomic E-state index is 0.0213. The molecule has 0 aromatic carbocycles. The van der Waals surface area contributed by atoms with Crippen LogP contribution < -0.4 is 5.32 Å². The van der Waals surface area contributed by atoms with Gasteiger partial charge in [-0.3, -0.25) is 4.90 Å². The first-order valence-corrected chi connectivity index (χ1v) is 7.18. The molecule has 1 heterocycles. The molecule has 2 amide bonds. The predicted octanol–water partition coefficient (Wildman–Crippen LogP) is -0.145. The Morgan fingerprint density at radius 2 is 1.84 bits per heavy atom. The lowest BCUT2D eigenvalue weighted by Crippen LogP contribution is -2.43. The van der Waals surface area contributed by atoms with Gasteiger partial charge in [-0.2, -0.15) is 0 Å². The molecular weight excluding hydrogens is 246 g/mol. The number of nitrogens with zero attached hydrogens (tertiary/aromatic N) is 2. The van der Waals surface area contributed by atoms with E-state index in [1.165, 1.54) is 0 Å². The van der Waals surface area contributed by atoms with E-state index in [-0.39, 0.29) is 18.2 Å². The summed E-state index contributed by atoms with van der Waals surface area (Å²) >= 11 is 0. The van der Waals surface area contributed by atoms with Crippen LogP contribution in [-0.2, 0) is 0 Å². The van der Waals surface area contributed by atoms with Gasteiger partial charge in [-0.05, 0) is 12.8 Å². The molecule has 0 spiro atoms. The van der Waals surface area contributed by atoms with Gasteiger partial charge in [-0.25, -0.2) is 4.79 Å². The van der Waals surface area contributed by atoms with Crippen molar-refractivity contribution in [2.45, 2.75) is 38.9 Å². The molecular formula is C13H27N3O3. The summed E-state index contributed by atoms with van der Waals surface area (Å²) in [7, 11) is 0. The van der Waals surface area contributed by atoms with Crippen molar-refractivity contribution in [2.24, 2.45) is 0 Å². The fourth-order valence-electron chi connectivity index (χ4n) is 2.10. The van der Waals surface area contributed by atoms with Crippen LogP contribution in [0.5, 0.6) is 0 Å². The van der Waals surface area contributed by atoms with Crippen molar-refractivity contribution >= 4 is 6.03 Å². The van der Waals surface area contributed by atoms with Gasteiger partial charge in [0, 0.05) is 39.3 Å². The molecule has 1 rings (SSSR count). The smallest absolute Gasteiger partial charge is 0.317 e. The summed E-state index contributed by atoms with van der Waals surface area (Å²) in [6.07, 6.45) is 0.638. The minimum Gasteiger partial charge on any atom is -0.392 e. The molecule has 3 N–H and O–H groups in total. The molecule has 6 nitrogen and oxygen atoms in total. The minimum atomic E-state index is -0.378. The SMILES string of the molecule is CCC(O)CN(CCN1CCNC1=O)CC(O)CC. The van der Waals surface area contributed by atoms with Crippen molar-refractivity contribution in [3.05, 3.63) is 0 Å². The van der Waals surface area contributed by atoms with Gasteiger partial charge < -0.3 is 20.4 Å². The van der Waals surface area contributed by atoms with Crippen molar-refractivity contribution in [1.82, 2.24) is 15.1 Å². The summed E-state index contributed by atoms with van der Waals surface area (Å²) in [4.78, 5) is 15.2. The summed E-state index contributed by atoms with van der Waals surface area (Å²) in [5, 5.41) is 22.3. The Balaban J connectivity index is 2.40. The number of rotatable bonds is 9. The van der Waals surface area contributed by atoms with Crippen molar-refractivity contribution in [1.29, 1.82) is 0 Å². The van der Waals surface area contributed by atoms with Gasteiger partial charge in [0.1, 0.15) is 0 Å². The van der Waals surface area contributed by atoms with E-state index >= 15 is 0 Å². The quantitative estimate of drug-likeness (QED) is 0.546. The zero-order valence-electron chi connectivity index (χ0n) is 12.0. The Morgan fingerprint density at radius 1 is 1.26 bits per heavy atom. The molecule has 0 radical (unpaired) electrons. The molecule has 2 atom stereocenters. The molecule has 2 unspecified atom stereocenters. The molecule has 0 bridgehead atoms. The molecule has 112 valence electrons. The summed E-state index contributed by atoms with van der Waals surface area (Å²) < 4.78 is 0. The maximum atomic E-state index is 11.4. The molecule has 0 aromatic heterocycles. The molecule has 0 aliphatic carbocycles. The predicted molar refractivity (Wildman–Crippen MR) is 74.0 cm³/mol. The molecule has 6 heteroatoms. The Hall–Kier alpha value is -0.850. The lowest BCUT2D eigenvalue weighted by atomic mass is 10.2. The third-order valence-corrected chi connectivity index (χ3v) is 3.51. The Labute approximate surface area is 115 Å². The van der Waals surface area contributed by atoms with E-state index in [2.05, 4.69) is 5.32 Å². The summed E-state index contributed by atoms with van der Waals surface area (Å²) in [6.45, 7) is 7.72. The van der Waals surface area contributed by atoms with Crippen LogP contribution in [0.25, 0.3) is 0 Å². The zero-order valence-corrected chi connectivity index (χ0v) is 12.0. The first-order chi connectivity index (χ1) is 9.06. The Bertz CT molecular complexity index is 264. The van der Waals surface area contributed by atoms with Crippen LogP contribution in [0.3, 0.4) is 0 Å². The fourth-order valence-corrected chi connectivity index (χ4v) is 2.10. The van der Waals surface area contributed by atoms with Crippen LogP contribution >= 0.6 is 0 Å². The van der Waals surface area contributed by atoms with Crippen LogP contribution in [0.4, 0.5) is 4.79 Å². The van der Waals surface area contributed by atoms with Crippen LogP contribution in [0, 0.1) is 0 Å². The summed E-state index contributed by atoms with van der Waals surface area (Å²) in [6, 6.07) is -0.0213. The number of aliphatic hydroxyl groups is 2. The highest BCUT2D eigenvalue weighted by molar-refractivity contribution is 5.76. The van der Waals surface area contributed by atoms with Crippen molar-refractivity contribution in [2.75, 3.05) is 39.3 Å². The van der Waals surface area contributed by atoms with Crippen LogP contribution in [0.1, 0.15) is 26.7 Å². The number of carbonyl (C=O) groups excluding carboxylic acids is 1. The normalized spacial score (nSPS) is 18.8. The molecule has 1 saturated heterocycles. The van der Waals surface area contributed by atoms with E-state index in [4.69, 9.17) is 0 Å². The maximum Gasteiger partial charge on any atom is 0.317 e. The van der Waals surface area contributed by atoms with E-state index in [9.17, 15) is 15.0 Å². The number of carbonyl (C=O) groups is 1. The van der Waals surface area contributed by atoms with E-state index in [1.807, 2.05) is 18.7 Å². The average molecular weight is 273 g/mol. The van der Waals surface area contributed by atoms with Crippen LogP contribution in [0.15, 0.2) is 0 Å². The topological polar surface area (TPSA) is 76.0 Å². The van der Waals surface area contributed by atoms with Crippen LogP contribution in [-0.4, -0.2) is 77.5 Å². The zero-order chi connectivity index (χ0) is 14.3. The second-order valence-electron chi connectivity index (χ2n) is 5.10. The molecule has 19 heavy (non-hydrogen) atoms. The Kier molecular flexibility index (Phi) is 7.12. The van der Waals surface area contributed by atoms with Gasteiger partial charge in [-0.1, -0.05) is 13.8 Å². The third-order valence-electron chi connectivity index (χ3n) is 3.51. The van der Waals surface area contributed by atoms with E-state index < -0.39 is 0 Å². The van der Waals surface area contributed by atoms with Crippen molar-refractivity contribution in [3.8, 4) is 0 Å². The third kappa shape index (κ3) is 5.76. The van der Waals surface area contributed by atoms with Crippen LogP contribution in [0.2, 0.25) is 0 Å². The number of amides is 2. The number of urea groups is 1. The van der Waals surface area contributed by atoms with Gasteiger partial charge in [0.2, 0.25) is 0 Å². The van der Waals surface area contributed by atoms with E-state index in [0.29, 0.717) is 45.6 Å². The fraction of sp³-hybridized carbons (Fsp3) is 0.923. The molecule has 0 aromatic rings. The maximum absolute atomic E-state index is 11.4. The van der Waals surface area contributed by atoms with Gasteiger partial charge in [0.15, 0.2) is 0 Å². The number of aliphatic hydroxyl groups excluding tert-OH is 2. The summed E-state index contributed by atoms with van der Waals surface area (Å²) in [5.41, 5.74) is 0. The highest BCUT2D eigenvalue weighted by Gasteiger charge is 2.21. The van der Waals surface area contributed by atoms with Gasteiger partial charge in [0.25, 0.3) is 0 Å². The lowest BCUT2D eigenvalue weighted by Gasteiger charge is -2.28. The Morgan fingerprint density at radius 3 is 2.26 bits per heavy atom. The molecule has 0 saturated carbocycles. The standard InChI is InChI=1S/C13H27N3O3/c1-3-11(17)9-15(10-12(18)4-2)7-8-16-6-5-14-13(16)19/h11-12,17-18H,3-10H2,1-2H3,(H,14,19). The largest absolute Gasteiger partial charge is 0.392 e. The van der Waals surface area contributed by atoms with E-state index in [1.54, 1.807) is 4.90 Å². The second kappa shape index (κ2) is 8.35. The monoisotopic (exact) mass is 273 g/mol. The second-order valence-corrected chi connectivity index (χ2v) is 5.10. The number of nitrogens with one attached hydrogen (secondary N) is 1. The van der Waals surface area contributed by atoms with Gasteiger partial charge in [0.05, 0.1) is 12.2 Å². The first kappa shape index (κ1) is 16.2. The summed E-state index contributed by atoms with van der Waals surface area (Å²) in [5.74, 6) is 0. The first-order valence-electron chi connectivity index (χ1n) is 7.18. The lowest BCUT2D eigenvalue weighted by molar-refractivity contribution is 0.0633. The van der Waals surface area contributed by atoms with Gasteiger partial charge >= 0.3 is 6.03 Å². The van der Waals surface area contributed by atoms with Gasteiger partial charge in [-0.15, -0.1) is 0 Å². The number of hydrogen-bond acceptors (Lipinski definition) is 4. The molecule has 1 aliphatic rings.